The van der Waals surface area contributed by atoms with E-state index in [1.54, 1.807) is 41.7 Å². The summed E-state index contributed by atoms with van der Waals surface area (Å²) < 4.78 is 5.89. The highest BCUT2D eigenvalue weighted by molar-refractivity contribution is 5.93. The number of amides is 2. The third-order valence-electron chi connectivity index (χ3n) is 5.24. The van der Waals surface area contributed by atoms with E-state index < -0.39 is 11.5 Å². The number of primary amides is 1. The minimum Gasteiger partial charge on any atom is -0.367 e. The monoisotopic (exact) mass is 402 g/mol. The fourth-order valence-corrected chi connectivity index (χ4v) is 3.69. The molecule has 7 heteroatoms. The molecule has 1 saturated heterocycles. The van der Waals surface area contributed by atoms with Crippen molar-refractivity contribution in [3.63, 3.8) is 0 Å². The third kappa shape index (κ3) is 4.06. The number of nitrogens with two attached hydrogens (primary N) is 1. The van der Waals surface area contributed by atoms with Crippen LogP contribution in [0.4, 0.5) is 0 Å². The van der Waals surface area contributed by atoms with Gasteiger partial charge >= 0.3 is 0 Å². The van der Waals surface area contributed by atoms with Gasteiger partial charge in [-0.15, -0.1) is 0 Å². The highest BCUT2D eigenvalue weighted by Gasteiger charge is 2.44. The summed E-state index contributed by atoms with van der Waals surface area (Å²) in [7, 11) is 0. The molecular weight excluding hydrogens is 380 g/mol. The van der Waals surface area contributed by atoms with Crippen LogP contribution < -0.4 is 5.73 Å². The maximum Gasteiger partial charge on any atom is 0.272 e. The van der Waals surface area contributed by atoms with Crippen molar-refractivity contribution >= 4 is 11.8 Å². The smallest absolute Gasteiger partial charge is 0.272 e. The number of hydrogen-bond acceptors (Lipinski definition) is 5. The molecule has 1 aliphatic rings. The third-order valence-corrected chi connectivity index (χ3v) is 5.24. The van der Waals surface area contributed by atoms with Gasteiger partial charge < -0.3 is 15.4 Å². The average molecular weight is 402 g/mol. The van der Waals surface area contributed by atoms with Crippen LogP contribution in [-0.4, -0.2) is 52.0 Å². The van der Waals surface area contributed by atoms with Crippen LogP contribution in [0, 0.1) is 0 Å². The SMILES string of the molecule is NC(=O)[C@@]1(Cc2cccc(-c3ccncc3)c2)CN(C(=O)c2ccccn2)CCO1. The van der Waals surface area contributed by atoms with Gasteiger partial charge in [-0.05, 0) is 41.0 Å². The predicted octanol–water partition coefficient (Wildman–Crippen LogP) is 2.08. The lowest BCUT2D eigenvalue weighted by atomic mass is 9.90. The van der Waals surface area contributed by atoms with E-state index in [2.05, 4.69) is 9.97 Å². The Morgan fingerprint density at radius 2 is 1.87 bits per heavy atom. The van der Waals surface area contributed by atoms with Gasteiger partial charge in [0.2, 0.25) is 0 Å². The van der Waals surface area contributed by atoms with E-state index in [4.69, 9.17) is 10.5 Å². The van der Waals surface area contributed by atoms with E-state index in [0.717, 1.165) is 16.7 Å². The molecule has 4 rings (SSSR count). The summed E-state index contributed by atoms with van der Waals surface area (Å²) in [6, 6.07) is 16.9. The summed E-state index contributed by atoms with van der Waals surface area (Å²) in [5.41, 5.74) is 7.74. The number of aromatic nitrogens is 2. The maximum absolute atomic E-state index is 12.9. The van der Waals surface area contributed by atoms with Gasteiger partial charge in [-0.1, -0.05) is 30.3 Å². The van der Waals surface area contributed by atoms with Crippen molar-refractivity contribution in [2.75, 3.05) is 19.7 Å². The Morgan fingerprint density at radius 1 is 1.03 bits per heavy atom. The number of benzene rings is 1. The van der Waals surface area contributed by atoms with Crippen molar-refractivity contribution < 1.29 is 14.3 Å². The maximum atomic E-state index is 12.9. The van der Waals surface area contributed by atoms with Crippen molar-refractivity contribution in [1.29, 1.82) is 0 Å². The second-order valence-electron chi connectivity index (χ2n) is 7.26. The number of rotatable bonds is 5. The zero-order valence-electron chi connectivity index (χ0n) is 16.4. The summed E-state index contributed by atoms with van der Waals surface area (Å²) in [6.07, 6.45) is 5.31. The Balaban J connectivity index is 1.59. The van der Waals surface area contributed by atoms with Gasteiger partial charge in [-0.2, -0.15) is 0 Å². The number of nitrogens with zero attached hydrogens (tertiary/aromatic N) is 3. The first kappa shape index (κ1) is 19.7. The number of hydrogen-bond donors (Lipinski definition) is 1. The molecule has 2 aromatic heterocycles. The zero-order chi connectivity index (χ0) is 21.0. The fourth-order valence-electron chi connectivity index (χ4n) is 3.69. The first-order valence-corrected chi connectivity index (χ1v) is 9.71. The van der Waals surface area contributed by atoms with Crippen LogP contribution in [0.15, 0.2) is 73.2 Å². The molecule has 3 aromatic rings. The Morgan fingerprint density at radius 3 is 2.60 bits per heavy atom. The summed E-state index contributed by atoms with van der Waals surface area (Å²) >= 11 is 0. The lowest BCUT2D eigenvalue weighted by molar-refractivity contribution is -0.153. The Labute approximate surface area is 174 Å². The number of pyridine rings is 2. The fraction of sp³-hybridized carbons (Fsp3) is 0.217. The molecule has 0 bridgehead atoms. The molecule has 1 aliphatic heterocycles. The number of carbonyl (C=O) groups excluding carboxylic acids is 2. The largest absolute Gasteiger partial charge is 0.367 e. The molecule has 30 heavy (non-hydrogen) atoms. The molecule has 1 fully saturated rings. The number of morpholine rings is 1. The summed E-state index contributed by atoms with van der Waals surface area (Å²) in [5.74, 6) is -0.828. The van der Waals surface area contributed by atoms with E-state index in [9.17, 15) is 9.59 Å². The summed E-state index contributed by atoms with van der Waals surface area (Å²) in [6.45, 7) is 0.685. The molecule has 1 atom stereocenters. The van der Waals surface area contributed by atoms with Crippen LogP contribution in [0.25, 0.3) is 11.1 Å². The Kier molecular flexibility index (Phi) is 5.54. The minimum atomic E-state index is -1.29. The normalized spacial score (nSPS) is 18.7. The molecule has 152 valence electrons. The molecule has 0 unspecified atom stereocenters. The molecule has 3 heterocycles. The Hall–Kier alpha value is -3.58. The van der Waals surface area contributed by atoms with E-state index in [0.29, 0.717) is 12.2 Å². The summed E-state index contributed by atoms with van der Waals surface area (Å²) in [4.78, 5) is 35.1. The molecule has 2 amide bonds. The topological polar surface area (TPSA) is 98.4 Å². The van der Waals surface area contributed by atoms with Gasteiger partial charge in [0.25, 0.3) is 11.8 Å². The minimum absolute atomic E-state index is 0.0806. The molecule has 1 aromatic carbocycles. The van der Waals surface area contributed by atoms with Crippen LogP contribution in [0.2, 0.25) is 0 Å². The van der Waals surface area contributed by atoms with E-state index in [1.807, 2.05) is 36.4 Å². The first-order chi connectivity index (χ1) is 14.6. The van der Waals surface area contributed by atoms with Crippen molar-refractivity contribution in [2.45, 2.75) is 12.0 Å². The van der Waals surface area contributed by atoms with Gasteiger partial charge in [0.05, 0.1) is 13.2 Å². The quantitative estimate of drug-likeness (QED) is 0.705. The second kappa shape index (κ2) is 8.42. The number of ether oxygens (including phenoxy) is 1. The van der Waals surface area contributed by atoms with Gasteiger partial charge in [-0.3, -0.25) is 19.6 Å². The van der Waals surface area contributed by atoms with Crippen molar-refractivity contribution in [3.05, 3.63) is 84.4 Å². The van der Waals surface area contributed by atoms with Crippen LogP contribution in [-0.2, 0) is 16.0 Å². The standard InChI is InChI=1S/C23H22N4O3/c24-22(29)23(15-17-4-3-5-19(14-17)18-7-10-25-11-8-18)16-27(12-13-30-23)21(28)20-6-1-2-9-26-20/h1-11,14H,12-13,15-16H2,(H2,24,29)/t23-/m1/s1. The molecule has 0 aliphatic carbocycles. The first-order valence-electron chi connectivity index (χ1n) is 9.71. The van der Waals surface area contributed by atoms with Crippen LogP contribution >= 0.6 is 0 Å². The summed E-state index contributed by atoms with van der Waals surface area (Å²) in [5, 5.41) is 0. The number of carbonyl (C=O) groups is 2. The van der Waals surface area contributed by atoms with Gasteiger partial charge in [0.1, 0.15) is 5.69 Å². The van der Waals surface area contributed by atoms with Gasteiger partial charge in [0.15, 0.2) is 5.60 Å². The average Bonchev–Trinajstić information content (AvgIpc) is 2.80. The van der Waals surface area contributed by atoms with E-state index in [1.165, 1.54) is 0 Å². The van der Waals surface area contributed by atoms with Gasteiger partial charge in [-0.25, -0.2) is 0 Å². The lowest BCUT2D eigenvalue weighted by Crippen LogP contribution is -2.61. The molecule has 7 nitrogen and oxygen atoms in total. The molecular formula is C23H22N4O3. The predicted molar refractivity (Wildman–Crippen MR) is 111 cm³/mol. The van der Waals surface area contributed by atoms with Crippen LogP contribution in [0.5, 0.6) is 0 Å². The highest BCUT2D eigenvalue weighted by Crippen LogP contribution is 2.27. The highest BCUT2D eigenvalue weighted by atomic mass is 16.5. The van der Waals surface area contributed by atoms with Crippen LogP contribution in [0.3, 0.4) is 0 Å². The lowest BCUT2D eigenvalue weighted by Gasteiger charge is -2.40. The molecule has 0 spiro atoms. The van der Waals surface area contributed by atoms with Gasteiger partial charge in [0, 0.05) is 31.6 Å². The molecule has 2 N–H and O–H groups in total. The zero-order valence-corrected chi connectivity index (χ0v) is 16.4. The molecule has 0 saturated carbocycles. The van der Waals surface area contributed by atoms with E-state index in [-0.39, 0.29) is 25.5 Å². The van der Waals surface area contributed by atoms with Crippen LogP contribution in [0.1, 0.15) is 16.1 Å². The molecule has 0 radical (unpaired) electrons. The van der Waals surface area contributed by atoms with E-state index >= 15 is 0 Å². The second-order valence-corrected chi connectivity index (χ2v) is 7.26. The van der Waals surface area contributed by atoms with Crippen molar-refractivity contribution in [2.24, 2.45) is 5.73 Å². The van der Waals surface area contributed by atoms with Crippen molar-refractivity contribution in [3.8, 4) is 11.1 Å². The Bertz CT molecular complexity index is 1040. The van der Waals surface area contributed by atoms with Crippen molar-refractivity contribution in [1.82, 2.24) is 14.9 Å².